The van der Waals surface area contributed by atoms with E-state index in [9.17, 15) is 0 Å². The summed E-state index contributed by atoms with van der Waals surface area (Å²) in [7, 11) is 4.39. The predicted molar refractivity (Wildman–Crippen MR) is 213 cm³/mol. The van der Waals surface area contributed by atoms with Crippen LogP contribution in [0.5, 0.6) is 0 Å². The summed E-state index contributed by atoms with van der Waals surface area (Å²) in [6.45, 7) is 5.79. The van der Waals surface area contributed by atoms with Gasteiger partial charge in [-0.3, -0.25) is 0 Å². The second kappa shape index (κ2) is 33.9. The van der Waals surface area contributed by atoms with Gasteiger partial charge in [0, 0.05) is 0 Å². The molecule has 0 saturated carbocycles. The maximum absolute atomic E-state index is 6.95. The molecule has 1 unspecified atom stereocenters. The van der Waals surface area contributed by atoms with E-state index >= 15 is 0 Å². The first-order valence-corrected chi connectivity index (χ1v) is 21.7. The van der Waals surface area contributed by atoms with Crippen LogP contribution >= 0.6 is 0 Å². The zero-order valence-corrected chi connectivity index (χ0v) is 33.0. The number of hydrogen-bond donors (Lipinski definition) is 0. The van der Waals surface area contributed by atoms with Gasteiger partial charge < -0.3 is 9.64 Å². The molecule has 0 bridgehead atoms. The lowest BCUT2D eigenvalue weighted by atomic mass is 9.87. The van der Waals surface area contributed by atoms with Crippen molar-refractivity contribution in [2.24, 2.45) is 0 Å². The molecule has 2 heteroatoms. The van der Waals surface area contributed by atoms with Gasteiger partial charge in [0.2, 0.25) is 0 Å². The van der Waals surface area contributed by atoms with Crippen LogP contribution in [-0.2, 0) is 4.74 Å². The summed E-state index contributed by atoms with van der Waals surface area (Å²) in [4.78, 5) is 2.32. The van der Waals surface area contributed by atoms with Crippen LogP contribution in [0.4, 0.5) is 0 Å². The van der Waals surface area contributed by atoms with Crippen LogP contribution in [0.25, 0.3) is 0 Å². The van der Waals surface area contributed by atoms with E-state index in [4.69, 9.17) is 4.74 Å². The molecule has 0 N–H and O–H groups in total. The first-order chi connectivity index (χ1) is 23.1. The van der Waals surface area contributed by atoms with E-state index in [1.54, 1.807) is 0 Å². The molecule has 0 aromatic rings. The van der Waals surface area contributed by atoms with Crippen molar-refractivity contribution >= 4 is 0 Å². The van der Waals surface area contributed by atoms with Gasteiger partial charge in [-0.2, -0.15) is 0 Å². The molecule has 1 aliphatic rings. The molecular weight excluding hydrogens is 571 g/mol. The zero-order chi connectivity index (χ0) is 33.9. The smallest absolute Gasteiger partial charge is 0.0687 e. The second-order valence-electron chi connectivity index (χ2n) is 15.8. The van der Waals surface area contributed by atoms with Crippen LogP contribution in [0.1, 0.15) is 232 Å². The van der Waals surface area contributed by atoms with E-state index in [-0.39, 0.29) is 5.60 Å². The minimum absolute atomic E-state index is 0.199. The summed E-state index contributed by atoms with van der Waals surface area (Å²) < 4.78 is 6.95. The molecule has 1 atom stereocenters. The Morgan fingerprint density at radius 2 is 0.851 bits per heavy atom. The molecule has 0 aromatic heterocycles. The third kappa shape index (κ3) is 28.9. The van der Waals surface area contributed by atoms with Crippen molar-refractivity contribution in [1.29, 1.82) is 0 Å². The van der Waals surface area contributed by atoms with Gasteiger partial charge in [0.25, 0.3) is 0 Å². The Hall–Kier alpha value is -0.600. The number of nitrogens with zero attached hydrogens (tertiary/aromatic N) is 1. The van der Waals surface area contributed by atoms with Crippen LogP contribution in [-0.4, -0.2) is 37.2 Å². The molecule has 1 fully saturated rings. The normalized spacial score (nSPS) is 16.5. The topological polar surface area (TPSA) is 12.5 Å². The molecule has 0 spiro atoms. The summed E-state index contributed by atoms with van der Waals surface area (Å²) >= 11 is 0. The molecule has 47 heavy (non-hydrogen) atoms. The molecule has 1 heterocycles. The summed E-state index contributed by atoms with van der Waals surface area (Å²) in [5.41, 5.74) is 0.199. The summed E-state index contributed by atoms with van der Waals surface area (Å²) in [6, 6.07) is 0. The van der Waals surface area contributed by atoms with E-state index in [0.29, 0.717) is 6.10 Å². The van der Waals surface area contributed by atoms with Crippen molar-refractivity contribution in [3.05, 3.63) is 24.3 Å². The van der Waals surface area contributed by atoms with Crippen molar-refractivity contribution in [2.75, 3.05) is 20.6 Å². The molecule has 0 amide bonds. The van der Waals surface area contributed by atoms with Gasteiger partial charge in [0.1, 0.15) is 0 Å². The zero-order valence-electron chi connectivity index (χ0n) is 33.0. The summed E-state index contributed by atoms with van der Waals surface area (Å²) in [5, 5.41) is 0. The fourth-order valence-electron chi connectivity index (χ4n) is 7.62. The number of rotatable bonds is 36. The number of ether oxygens (including phenoxy) is 1. The highest BCUT2D eigenvalue weighted by Crippen LogP contribution is 2.40. The Balaban J connectivity index is 2.15. The van der Waals surface area contributed by atoms with Gasteiger partial charge in [-0.25, -0.2) is 0 Å². The van der Waals surface area contributed by atoms with Gasteiger partial charge in [0.15, 0.2) is 0 Å². The fraction of sp³-hybridized carbons (Fsp3) is 0.911. The van der Waals surface area contributed by atoms with Crippen molar-refractivity contribution < 1.29 is 4.74 Å². The van der Waals surface area contributed by atoms with E-state index in [1.807, 2.05) is 0 Å². The predicted octanol–water partition coefficient (Wildman–Crippen LogP) is 15.1. The van der Waals surface area contributed by atoms with Gasteiger partial charge in [-0.1, -0.05) is 167 Å². The molecule has 0 radical (unpaired) electrons. The van der Waals surface area contributed by atoms with Gasteiger partial charge in [0.05, 0.1) is 11.7 Å². The van der Waals surface area contributed by atoms with Crippen LogP contribution in [0, 0.1) is 0 Å². The molecular formula is C45H87NO. The maximum Gasteiger partial charge on any atom is 0.0687 e. The Labute approximate surface area is 297 Å². The molecule has 0 aromatic carbocycles. The number of hydrogen-bond acceptors (Lipinski definition) is 2. The van der Waals surface area contributed by atoms with E-state index in [0.717, 1.165) is 0 Å². The highest BCUT2D eigenvalue weighted by molar-refractivity contribution is 4.89. The van der Waals surface area contributed by atoms with E-state index in [1.165, 1.54) is 225 Å². The third-order valence-corrected chi connectivity index (χ3v) is 10.8. The Morgan fingerprint density at radius 3 is 1.23 bits per heavy atom. The first-order valence-electron chi connectivity index (χ1n) is 21.7. The molecule has 0 aliphatic carbocycles. The van der Waals surface area contributed by atoms with Crippen molar-refractivity contribution in [3.63, 3.8) is 0 Å². The summed E-state index contributed by atoms with van der Waals surface area (Å²) in [5.74, 6) is 0. The van der Waals surface area contributed by atoms with E-state index < -0.39 is 0 Å². The highest BCUT2D eigenvalue weighted by Gasteiger charge is 2.38. The van der Waals surface area contributed by atoms with Crippen molar-refractivity contribution in [1.82, 2.24) is 4.90 Å². The lowest BCUT2D eigenvalue weighted by molar-refractivity contribution is -0.0579. The van der Waals surface area contributed by atoms with Gasteiger partial charge in [-0.05, 0) is 111 Å². The van der Waals surface area contributed by atoms with E-state index in [2.05, 4.69) is 57.1 Å². The van der Waals surface area contributed by atoms with Crippen LogP contribution < -0.4 is 0 Å². The Morgan fingerprint density at radius 1 is 0.489 bits per heavy atom. The molecule has 1 aliphatic heterocycles. The van der Waals surface area contributed by atoms with Gasteiger partial charge in [-0.15, -0.1) is 0 Å². The van der Waals surface area contributed by atoms with Crippen LogP contribution in [0.15, 0.2) is 24.3 Å². The average Bonchev–Trinajstić information content (AvgIpc) is 3.47. The lowest BCUT2D eigenvalue weighted by Crippen LogP contribution is -2.29. The minimum Gasteiger partial charge on any atom is -0.372 e. The molecule has 2 nitrogen and oxygen atoms in total. The number of allylic oxidation sites excluding steroid dienone is 4. The average molecular weight is 658 g/mol. The largest absolute Gasteiger partial charge is 0.372 e. The van der Waals surface area contributed by atoms with Crippen molar-refractivity contribution in [3.8, 4) is 0 Å². The first kappa shape index (κ1) is 44.4. The molecule has 1 rings (SSSR count). The monoisotopic (exact) mass is 658 g/mol. The third-order valence-electron chi connectivity index (χ3n) is 10.8. The van der Waals surface area contributed by atoms with Crippen LogP contribution in [0.2, 0.25) is 0 Å². The van der Waals surface area contributed by atoms with Crippen molar-refractivity contribution in [2.45, 2.75) is 244 Å². The SMILES string of the molecule is CCCCCCCC/C=C\CCCCCCCCC1(CCCCCCCC/C=C\CCCCCCCC)CCC(CCCN(C)C)O1. The fourth-order valence-corrected chi connectivity index (χ4v) is 7.62. The molecule has 1 saturated heterocycles. The molecule has 278 valence electrons. The quantitative estimate of drug-likeness (QED) is 0.0491. The maximum atomic E-state index is 6.95. The van der Waals surface area contributed by atoms with Gasteiger partial charge >= 0.3 is 0 Å². The second-order valence-corrected chi connectivity index (χ2v) is 15.8. The highest BCUT2D eigenvalue weighted by atomic mass is 16.5. The van der Waals surface area contributed by atoms with Crippen LogP contribution in [0.3, 0.4) is 0 Å². The standard InChI is InChI=1S/C45H87NO/c1-5-7-9-11-13-15-17-19-21-23-25-27-29-31-33-35-40-45(42-39-44(47-45)38-37-43-46(3)4)41-36-34-32-30-28-26-24-22-20-18-16-14-12-10-8-6-2/h19-22,44H,5-18,23-43H2,1-4H3/b21-19-,22-20-. The Bertz CT molecular complexity index is 639. The lowest BCUT2D eigenvalue weighted by Gasteiger charge is -2.30. The Kier molecular flexibility index (Phi) is 32.0. The summed E-state index contributed by atoms with van der Waals surface area (Å²) in [6.07, 6.45) is 56.9. The number of unbranched alkanes of at least 4 members (excludes halogenated alkanes) is 24. The minimum atomic E-state index is 0.199.